The molecule has 170 valence electrons. The molecule has 0 atom stereocenters. The maximum Gasteiger partial charge on any atom is 0.411 e. The zero-order valence-electron chi connectivity index (χ0n) is 18.3. The minimum Gasteiger partial charge on any atom is -0.497 e. The molecular weight excluding hydrogens is 450 g/mol. The van der Waals surface area contributed by atoms with Gasteiger partial charge in [-0.25, -0.2) is 9.59 Å². The smallest absolute Gasteiger partial charge is 0.411 e. The molecule has 0 bridgehead atoms. The molecule has 1 amide bonds. The van der Waals surface area contributed by atoms with Gasteiger partial charge in [0.25, 0.3) is 0 Å². The number of hydrogen-bond donors (Lipinski definition) is 2. The Morgan fingerprint density at radius 1 is 0.941 bits per heavy atom. The highest BCUT2D eigenvalue weighted by Gasteiger charge is 2.29. The molecule has 1 aromatic heterocycles. The van der Waals surface area contributed by atoms with Crippen molar-refractivity contribution in [1.82, 2.24) is 0 Å². The molecule has 4 aromatic rings. The summed E-state index contributed by atoms with van der Waals surface area (Å²) in [5.41, 5.74) is 5.54. The van der Waals surface area contributed by atoms with E-state index in [9.17, 15) is 14.7 Å². The third kappa shape index (κ3) is 4.02. The lowest BCUT2D eigenvalue weighted by molar-refractivity contribution is 0.0703. The second-order valence-corrected chi connectivity index (χ2v) is 8.89. The summed E-state index contributed by atoms with van der Waals surface area (Å²) in [7, 11) is 1.58. The Hall–Kier alpha value is -4.10. The first-order valence-electron chi connectivity index (χ1n) is 10.7. The molecule has 7 heteroatoms. The van der Waals surface area contributed by atoms with Crippen LogP contribution in [0.5, 0.6) is 5.75 Å². The van der Waals surface area contributed by atoms with E-state index in [2.05, 4.69) is 17.4 Å². The van der Waals surface area contributed by atoms with Crippen molar-refractivity contribution in [3.8, 4) is 27.3 Å². The number of aromatic carboxylic acids is 1. The summed E-state index contributed by atoms with van der Waals surface area (Å²) in [5.74, 6) is -0.483. The molecule has 0 aliphatic heterocycles. The molecular formula is C27H21NO5S. The highest BCUT2D eigenvalue weighted by atomic mass is 32.1. The molecule has 0 saturated carbocycles. The van der Waals surface area contributed by atoms with Crippen LogP contribution in [0.4, 0.5) is 10.5 Å². The summed E-state index contributed by atoms with van der Waals surface area (Å²) in [4.78, 5) is 25.2. The minimum atomic E-state index is -1.11. The predicted molar refractivity (Wildman–Crippen MR) is 132 cm³/mol. The van der Waals surface area contributed by atoms with E-state index < -0.39 is 12.1 Å². The van der Waals surface area contributed by atoms with Crippen molar-refractivity contribution in [3.63, 3.8) is 0 Å². The van der Waals surface area contributed by atoms with Crippen molar-refractivity contribution < 1.29 is 24.2 Å². The van der Waals surface area contributed by atoms with Gasteiger partial charge in [-0.1, -0.05) is 48.5 Å². The van der Waals surface area contributed by atoms with Crippen LogP contribution in [-0.2, 0) is 4.74 Å². The second kappa shape index (κ2) is 9.03. The minimum absolute atomic E-state index is 0.0410. The van der Waals surface area contributed by atoms with Crippen LogP contribution in [-0.4, -0.2) is 30.9 Å². The molecule has 34 heavy (non-hydrogen) atoms. The van der Waals surface area contributed by atoms with Gasteiger partial charge in [0.05, 0.1) is 12.8 Å². The van der Waals surface area contributed by atoms with Crippen molar-refractivity contribution in [2.75, 3.05) is 19.0 Å². The standard InChI is InChI=1S/C27H21NO5S/c1-32-17-12-10-16(11-13-17)24-14-23(25(34-24)26(29)30)28-27(31)33-15-22-20-8-4-2-6-18(20)19-7-3-5-9-21(19)22/h2-14,22H,15H2,1H3,(H,28,31)(H,29,30). The number of anilines is 1. The Kier molecular flexibility index (Phi) is 5.77. The van der Waals surface area contributed by atoms with E-state index in [-0.39, 0.29) is 23.1 Å². The number of hydrogen-bond acceptors (Lipinski definition) is 5. The molecule has 0 fully saturated rings. The molecule has 0 radical (unpaired) electrons. The van der Waals surface area contributed by atoms with Crippen LogP contribution in [0.1, 0.15) is 26.7 Å². The largest absolute Gasteiger partial charge is 0.497 e. The lowest BCUT2D eigenvalue weighted by Crippen LogP contribution is -2.18. The Bertz CT molecular complexity index is 1330. The fraction of sp³-hybridized carbons (Fsp3) is 0.111. The fourth-order valence-electron chi connectivity index (χ4n) is 4.28. The average molecular weight is 472 g/mol. The van der Waals surface area contributed by atoms with Gasteiger partial charge >= 0.3 is 12.1 Å². The van der Waals surface area contributed by atoms with Crippen LogP contribution in [0, 0.1) is 0 Å². The summed E-state index contributed by atoms with van der Waals surface area (Å²) < 4.78 is 10.7. The van der Waals surface area contributed by atoms with E-state index in [4.69, 9.17) is 9.47 Å². The van der Waals surface area contributed by atoms with E-state index >= 15 is 0 Å². The predicted octanol–water partition coefficient (Wildman–Crippen LogP) is 6.48. The average Bonchev–Trinajstić information content (AvgIpc) is 3.42. The summed E-state index contributed by atoms with van der Waals surface area (Å²) in [6.45, 7) is 0.151. The SMILES string of the molecule is COc1ccc(-c2cc(NC(=O)OCC3c4ccccc4-c4ccccc43)c(C(=O)O)s2)cc1. The molecule has 1 heterocycles. The third-order valence-electron chi connectivity index (χ3n) is 5.88. The number of ether oxygens (including phenoxy) is 2. The summed E-state index contributed by atoms with van der Waals surface area (Å²) in [6.07, 6.45) is -0.691. The Morgan fingerprint density at radius 2 is 1.56 bits per heavy atom. The van der Waals surface area contributed by atoms with Gasteiger partial charge in [-0.3, -0.25) is 5.32 Å². The summed E-state index contributed by atoms with van der Waals surface area (Å²) >= 11 is 1.09. The van der Waals surface area contributed by atoms with Gasteiger partial charge in [0, 0.05) is 10.8 Å². The highest BCUT2D eigenvalue weighted by molar-refractivity contribution is 7.18. The van der Waals surface area contributed by atoms with Crippen LogP contribution in [0.2, 0.25) is 0 Å². The van der Waals surface area contributed by atoms with Crippen LogP contribution >= 0.6 is 11.3 Å². The normalized spacial score (nSPS) is 12.0. The number of carbonyl (C=O) groups excluding carboxylic acids is 1. The second-order valence-electron chi connectivity index (χ2n) is 7.84. The number of carboxylic acid groups (broad SMARTS) is 1. The molecule has 5 rings (SSSR count). The molecule has 1 aliphatic carbocycles. The van der Waals surface area contributed by atoms with Crippen LogP contribution in [0.15, 0.2) is 78.9 Å². The van der Waals surface area contributed by atoms with E-state index in [1.165, 1.54) is 0 Å². The number of methoxy groups -OCH3 is 1. The third-order valence-corrected chi connectivity index (χ3v) is 7.05. The van der Waals surface area contributed by atoms with E-state index in [1.807, 2.05) is 48.5 Å². The van der Waals surface area contributed by atoms with Crippen molar-refractivity contribution in [1.29, 1.82) is 0 Å². The van der Waals surface area contributed by atoms with Gasteiger partial charge in [0.15, 0.2) is 0 Å². The zero-order valence-corrected chi connectivity index (χ0v) is 19.1. The number of nitrogens with one attached hydrogen (secondary N) is 1. The number of amides is 1. The molecule has 0 saturated heterocycles. The number of benzene rings is 3. The van der Waals surface area contributed by atoms with Crippen LogP contribution < -0.4 is 10.1 Å². The fourth-order valence-corrected chi connectivity index (χ4v) is 5.24. The summed E-state index contributed by atoms with van der Waals surface area (Å²) in [6, 6.07) is 25.1. The Labute approximate surface area is 200 Å². The van der Waals surface area contributed by atoms with Crippen LogP contribution in [0.3, 0.4) is 0 Å². The quantitative estimate of drug-likeness (QED) is 0.336. The highest BCUT2D eigenvalue weighted by Crippen LogP contribution is 2.44. The van der Waals surface area contributed by atoms with Crippen LogP contribution in [0.25, 0.3) is 21.6 Å². The van der Waals surface area contributed by atoms with E-state index in [1.54, 1.807) is 25.3 Å². The summed E-state index contributed by atoms with van der Waals surface area (Å²) in [5, 5.41) is 12.3. The Morgan fingerprint density at radius 3 is 2.15 bits per heavy atom. The van der Waals surface area contributed by atoms with Gasteiger partial charge in [-0.15, -0.1) is 11.3 Å². The maximum absolute atomic E-state index is 12.7. The molecule has 0 spiro atoms. The first kappa shape index (κ1) is 21.7. The first-order chi connectivity index (χ1) is 16.5. The first-order valence-corrected chi connectivity index (χ1v) is 11.5. The van der Waals surface area contributed by atoms with Crippen molar-refractivity contribution in [2.24, 2.45) is 0 Å². The molecule has 6 nitrogen and oxygen atoms in total. The van der Waals surface area contributed by atoms with Gasteiger partial charge in [0.1, 0.15) is 17.2 Å². The van der Waals surface area contributed by atoms with Gasteiger partial charge in [0.2, 0.25) is 0 Å². The lowest BCUT2D eigenvalue weighted by Gasteiger charge is -2.14. The molecule has 0 unspecified atom stereocenters. The number of carboxylic acids is 1. The Balaban J connectivity index is 1.33. The van der Waals surface area contributed by atoms with Gasteiger partial charge in [-0.2, -0.15) is 0 Å². The number of thiophene rings is 1. The van der Waals surface area contributed by atoms with Crippen molar-refractivity contribution in [2.45, 2.75) is 5.92 Å². The van der Waals surface area contributed by atoms with Crippen molar-refractivity contribution >= 4 is 29.1 Å². The number of fused-ring (bicyclic) bond motifs is 3. The molecule has 3 aromatic carbocycles. The monoisotopic (exact) mass is 471 g/mol. The van der Waals surface area contributed by atoms with Crippen molar-refractivity contribution in [3.05, 3.63) is 94.9 Å². The van der Waals surface area contributed by atoms with Gasteiger partial charge in [-0.05, 0) is 58.1 Å². The van der Waals surface area contributed by atoms with E-state index in [0.29, 0.717) is 10.6 Å². The number of rotatable bonds is 6. The number of carbonyl (C=O) groups is 2. The topological polar surface area (TPSA) is 84.9 Å². The molecule has 2 N–H and O–H groups in total. The van der Waals surface area contributed by atoms with Gasteiger partial charge < -0.3 is 14.6 Å². The van der Waals surface area contributed by atoms with E-state index in [0.717, 1.165) is 39.2 Å². The molecule has 1 aliphatic rings. The lowest BCUT2D eigenvalue weighted by atomic mass is 9.98. The maximum atomic E-state index is 12.7. The zero-order chi connectivity index (χ0) is 23.7.